The molecule has 1 heterocycles. The Balaban J connectivity index is 1.62. The summed E-state index contributed by atoms with van der Waals surface area (Å²) in [6.07, 6.45) is 1.63. The van der Waals surface area contributed by atoms with Gasteiger partial charge in [0.05, 0.1) is 23.1 Å². The van der Waals surface area contributed by atoms with Crippen molar-refractivity contribution in [2.45, 2.75) is 19.4 Å². The smallest absolute Gasteiger partial charge is 0.408 e. The number of sulfonamides is 1. The molecule has 8 nitrogen and oxygen atoms in total. The number of aryl methyl sites for hydroxylation is 1. The summed E-state index contributed by atoms with van der Waals surface area (Å²) >= 11 is 0. The number of oxazole rings is 1. The predicted molar refractivity (Wildman–Crippen MR) is 103 cm³/mol. The van der Waals surface area contributed by atoms with E-state index in [-0.39, 0.29) is 12.3 Å². The van der Waals surface area contributed by atoms with Crippen molar-refractivity contribution in [3.05, 3.63) is 59.1 Å². The molecule has 1 aromatic heterocycles. The van der Waals surface area contributed by atoms with Gasteiger partial charge in [0.15, 0.2) is 5.58 Å². The van der Waals surface area contributed by atoms with E-state index in [1.807, 2.05) is 6.07 Å². The van der Waals surface area contributed by atoms with Crippen molar-refractivity contribution in [3.8, 4) is 0 Å². The predicted octanol–water partition coefficient (Wildman–Crippen LogP) is 2.38. The Bertz CT molecular complexity index is 1130. The van der Waals surface area contributed by atoms with Crippen LogP contribution in [0, 0.1) is 0 Å². The molecule has 0 saturated carbocycles. The van der Waals surface area contributed by atoms with E-state index in [9.17, 15) is 18.0 Å². The molecule has 0 spiro atoms. The van der Waals surface area contributed by atoms with Crippen LogP contribution in [0.4, 0.5) is 11.4 Å². The van der Waals surface area contributed by atoms with E-state index >= 15 is 0 Å². The molecule has 0 radical (unpaired) electrons. The van der Waals surface area contributed by atoms with Gasteiger partial charge in [-0.2, -0.15) is 0 Å². The molecular formula is C18H19N3O5S. The molecule has 142 valence electrons. The second kappa shape index (κ2) is 7.67. The number of para-hydroxylation sites is 4. The maximum absolute atomic E-state index is 12.2. The summed E-state index contributed by atoms with van der Waals surface area (Å²) in [6, 6.07) is 13.6. The Morgan fingerprint density at radius 1 is 1.07 bits per heavy atom. The second-order valence-electron chi connectivity index (χ2n) is 6.06. The number of carbonyl (C=O) groups is 1. The normalized spacial score (nSPS) is 11.4. The van der Waals surface area contributed by atoms with Crippen LogP contribution in [0.1, 0.15) is 12.8 Å². The summed E-state index contributed by atoms with van der Waals surface area (Å²) in [4.78, 5) is 24.1. The Hall–Kier alpha value is -3.07. The number of benzene rings is 2. The molecule has 0 aliphatic carbocycles. The van der Waals surface area contributed by atoms with Gasteiger partial charge in [-0.15, -0.1) is 0 Å². The highest BCUT2D eigenvalue weighted by Crippen LogP contribution is 2.22. The van der Waals surface area contributed by atoms with Gasteiger partial charge in [0.1, 0.15) is 0 Å². The number of hydrogen-bond acceptors (Lipinski definition) is 5. The number of nitrogens with one attached hydrogen (secondary N) is 2. The minimum atomic E-state index is -3.46. The van der Waals surface area contributed by atoms with Crippen molar-refractivity contribution in [1.29, 1.82) is 0 Å². The van der Waals surface area contributed by atoms with Crippen molar-refractivity contribution < 1.29 is 17.6 Å². The highest BCUT2D eigenvalue weighted by molar-refractivity contribution is 7.92. The van der Waals surface area contributed by atoms with Crippen LogP contribution in [0.3, 0.4) is 0 Å². The third-order valence-electron chi connectivity index (χ3n) is 3.86. The maximum atomic E-state index is 12.2. The minimum Gasteiger partial charge on any atom is -0.408 e. The molecule has 3 aromatic rings. The van der Waals surface area contributed by atoms with E-state index in [2.05, 4.69) is 10.0 Å². The summed E-state index contributed by atoms with van der Waals surface area (Å²) in [6.45, 7) is 0.340. The lowest BCUT2D eigenvalue weighted by atomic mass is 10.2. The van der Waals surface area contributed by atoms with Gasteiger partial charge in [-0.05, 0) is 30.7 Å². The molecule has 2 N–H and O–H groups in total. The summed E-state index contributed by atoms with van der Waals surface area (Å²) in [5.74, 6) is -0.738. The number of carbonyl (C=O) groups excluding carboxylic acids is 1. The molecule has 1 amide bonds. The highest BCUT2D eigenvalue weighted by Gasteiger charge is 2.11. The monoisotopic (exact) mass is 389 g/mol. The average Bonchev–Trinajstić information content (AvgIpc) is 2.91. The maximum Gasteiger partial charge on any atom is 0.419 e. The van der Waals surface area contributed by atoms with Crippen molar-refractivity contribution in [1.82, 2.24) is 4.57 Å². The van der Waals surface area contributed by atoms with Crippen molar-refractivity contribution in [3.63, 3.8) is 0 Å². The van der Waals surface area contributed by atoms with Crippen LogP contribution in [-0.4, -0.2) is 25.1 Å². The van der Waals surface area contributed by atoms with Crippen LogP contribution in [0.2, 0.25) is 0 Å². The summed E-state index contributed by atoms with van der Waals surface area (Å²) in [5.41, 5.74) is 1.86. The average molecular weight is 389 g/mol. The minimum absolute atomic E-state index is 0.166. The first-order chi connectivity index (χ1) is 12.8. The van der Waals surface area contributed by atoms with Crippen LogP contribution in [-0.2, 0) is 21.4 Å². The van der Waals surface area contributed by atoms with Crippen molar-refractivity contribution >= 4 is 38.4 Å². The largest absolute Gasteiger partial charge is 0.419 e. The molecule has 3 rings (SSSR count). The Morgan fingerprint density at radius 2 is 1.74 bits per heavy atom. The molecular weight excluding hydrogens is 370 g/mol. The van der Waals surface area contributed by atoms with Crippen molar-refractivity contribution in [2.75, 3.05) is 16.3 Å². The van der Waals surface area contributed by atoms with E-state index < -0.39 is 15.8 Å². The molecule has 0 saturated heterocycles. The number of rotatable bonds is 7. The van der Waals surface area contributed by atoms with Gasteiger partial charge in [-0.25, -0.2) is 13.2 Å². The topological polar surface area (TPSA) is 110 Å². The number of amides is 1. The van der Waals surface area contributed by atoms with Gasteiger partial charge >= 0.3 is 5.76 Å². The standard InChI is InChI=1S/C18H19N3O5S/c1-27(24,25)20-14-8-3-2-7-13(14)19-17(22)11-6-12-21-15-9-4-5-10-16(15)26-18(21)23/h2-5,7-10,20H,6,11-12H2,1H3,(H,19,22). The van der Waals surface area contributed by atoms with Crippen LogP contribution in [0.15, 0.2) is 57.7 Å². The van der Waals surface area contributed by atoms with Crippen LogP contribution in [0.5, 0.6) is 0 Å². The fourth-order valence-electron chi connectivity index (χ4n) is 2.72. The fraction of sp³-hybridized carbons (Fsp3) is 0.222. The summed E-state index contributed by atoms with van der Waals surface area (Å²) in [5, 5.41) is 2.69. The van der Waals surface area contributed by atoms with Gasteiger partial charge in [-0.3, -0.25) is 14.1 Å². The molecule has 0 bridgehead atoms. The van der Waals surface area contributed by atoms with Crippen LogP contribution < -0.4 is 15.8 Å². The third kappa shape index (κ3) is 4.76. The number of aromatic nitrogens is 1. The van der Waals surface area contributed by atoms with Crippen LogP contribution >= 0.6 is 0 Å². The zero-order valence-electron chi connectivity index (χ0n) is 14.6. The summed E-state index contributed by atoms with van der Waals surface area (Å²) < 4.78 is 31.8. The first-order valence-electron chi connectivity index (χ1n) is 8.28. The van der Waals surface area contributed by atoms with E-state index in [4.69, 9.17) is 4.42 Å². The third-order valence-corrected chi connectivity index (χ3v) is 4.45. The first-order valence-corrected chi connectivity index (χ1v) is 10.2. The molecule has 0 fully saturated rings. The van der Waals surface area contributed by atoms with Gasteiger partial charge in [-0.1, -0.05) is 24.3 Å². The van der Waals surface area contributed by atoms with Gasteiger partial charge in [0.2, 0.25) is 15.9 Å². The Morgan fingerprint density at radius 3 is 2.48 bits per heavy atom. The molecule has 0 aliphatic heterocycles. The number of fused-ring (bicyclic) bond motifs is 1. The highest BCUT2D eigenvalue weighted by atomic mass is 32.2. The molecule has 27 heavy (non-hydrogen) atoms. The molecule has 0 atom stereocenters. The van der Waals surface area contributed by atoms with E-state index in [1.54, 1.807) is 42.5 Å². The van der Waals surface area contributed by atoms with Gasteiger partial charge in [0, 0.05) is 13.0 Å². The lowest BCUT2D eigenvalue weighted by Gasteiger charge is -2.11. The molecule has 0 unspecified atom stereocenters. The Kier molecular flexibility index (Phi) is 5.31. The van der Waals surface area contributed by atoms with E-state index in [0.717, 1.165) is 6.26 Å². The lowest BCUT2D eigenvalue weighted by Crippen LogP contribution is -2.18. The lowest BCUT2D eigenvalue weighted by molar-refractivity contribution is -0.116. The number of nitrogens with zero attached hydrogens (tertiary/aromatic N) is 1. The summed E-state index contributed by atoms with van der Waals surface area (Å²) in [7, 11) is -3.46. The zero-order chi connectivity index (χ0) is 19.4. The number of hydrogen-bond donors (Lipinski definition) is 2. The van der Waals surface area contributed by atoms with E-state index in [1.165, 1.54) is 4.57 Å². The SMILES string of the molecule is CS(=O)(=O)Nc1ccccc1NC(=O)CCCn1c(=O)oc2ccccc21. The quantitative estimate of drug-likeness (QED) is 0.645. The van der Waals surface area contributed by atoms with Crippen LogP contribution in [0.25, 0.3) is 11.1 Å². The molecule has 2 aromatic carbocycles. The zero-order valence-corrected chi connectivity index (χ0v) is 15.5. The van der Waals surface area contributed by atoms with Gasteiger partial charge < -0.3 is 9.73 Å². The van der Waals surface area contributed by atoms with Crippen molar-refractivity contribution in [2.24, 2.45) is 0 Å². The van der Waals surface area contributed by atoms with E-state index in [0.29, 0.717) is 35.4 Å². The second-order valence-corrected chi connectivity index (χ2v) is 7.81. The van der Waals surface area contributed by atoms with Gasteiger partial charge in [0.25, 0.3) is 0 Å². The Labute approximate surface area is 155 Å². The molecule has 0 aliphatic rings. The molecule has 9 heteroatoms. The fourth-order valence-corrected chi connectivity index (χ4v) is 3.29. The first kappa shape index (κ1) is 18.7. The number of anilines is 2.